The number of halogens is 1. The number of carbonyl (C=O) groups is 5. The summed E-state index contributed by atoms with van der Waals surface area (Å²) in [5, 5.41) is 24.2. The van der Waals surface area contributed by atoms with Crippen LogP contribution in [0.4, 0.5) is 21.7 Å². The van der Waals surface area contributed by atoms with Crippen LogP contribution >= 0.6 is 11.3 Å². The predicted molar refractivity (Wildman–Crippen MR) is 313 cm³/mol. The Morgan fingerprint density at radius 2 is 1.67 bits per heavy atom. The fourth-order valence-corrected chi connectivity index (χ4v) is 11.0. The number of aliphatic hydroxyl groups excluding tert-OH is 1. The molecular weight excluding hydrogens is 1110 g/mol. The molecule has 0 spiro atoms. The molecule has 7 rings (SSSR count). The van der Waals surface area contributed by atoms with Gasteiger partial charge in [0.1, 0.15) is 66.0 Å². The summed E-state index contributed by atoms with van der Waals surface area (Å²) < 4.78 is 61.1. The number of hydrogen-bond acceptors (Lipinski definition) is 16. The zero-order valence-electron chi connectivity index (χ0n) is 47.4. The smallest absolute Gasteiger partial charge is 0.339 e. The number of benzene rings is 3. The van der Waals surface area contributed by atoms with Crippen molar-refractivity contribution in [3.05, 3.63) is 124 Å². The number of likely N-dealkylation sites (tertiary alicyclic amines) is 1. The quantitative estimate of drug-likeness (QED) is 0.0180. The number of nitrogens with one attached hydrogen (secondary N) is 4. The highest BCUT2D eigenvalue weighted by molar-refractivity contribution is 7.92. The standard InChI is InChI=1S/C57H71FN10O11S2Si/c1-10-81(75,76)66-43-21-17-39(27-45(43)79-35(3)37-15-19-41(58)20-16-37)49-48(52(59)71)53(68(65-49)33-77-25-26-82(7,8)9)63-46-22-18-40(30-60-46)56(74)78-24-23-47(70)64-51(57(4,5)6)55(73)67-31-42(69)28-44(67)54(72)61-29-36-11-13-38(14-12-36)50-34(2)62-32-80-50/h11-22,27,30,32,35,42,44,51,66,69H,10,23-26,28-29,31,33H2,1-9H3,(H2,59,71)(H,60,63)(H,61,72)(H,64,70)/t35-,42+,44-,51+/m0/s1. The number of hydrogen-bond donors (Lipinski definition) is 6. The first-order chi connectivity index (χ1) is 38.7. The Hall–Kier alpha value is -7.58. The zero-order valence-corrected chi connectivity index (χ0v) is 50.0. The molecule has 21 nitrogen and oxygen atoms in total. The second kappa shape index (κ2) is 26.6. The van der Waals surface area contributed by atoms with Crippen molar-refractivity contribution in [1.29, 1.82) is 0 Å². The number of rotatable bonds is 25. The summed E-state index contributed by atoms with van der Waals surface area (Å²) in [5.41, 5.74) is 10.9. The minimum absolute atomic E-state index is 0.0198. The van der Waals surface area contributed by atoms with Gasteiger partial charge in [-0.2, -0.15) is 5.10 Å². The van der Waals surface area contributed by atoms with E-state index >= 15 is 0 Å². The molecule has 6 aromatic rings. The summed E-state index contributed by atoms with van der Waals surface area (Å²) in [5.74, 6) is -3.61. The van der Waals surface area contributed by atoms with E-state index in [1.54, 1.807) is 62.7 Å². The number of amides is 4. The van der Waals surface area contributed by atoms with Crippen molar-refractivity contribution in [1.82, 2.24) is 35.3 Å². The number of aryl methyl sites for hydroxylation is 1. The molecule has 4 atom stereocenters. The van der Waals surface area contributed by atoms with Crippen LogP contribution in [0, 0.1) is 18.2 Å². The molecule has 3 aromatic heterocycles. The SMILES string of the molecule is CCS(=O)(=O)Nc1ccc(-c2nn(COCC[Si](C)(C)C)c(Nc3ccc(C(=O)OCCC(=O)N[C@H](C(=O)N4C[C@H](O)C[C@H]4C(=O)NCc4ccc(-c5scnc5C)cc4)C(C)(C)C)cn3)c2C(N)=O)cc1O[C@@H](C)c1ccc(F)cc1. The van der Waals surface area contributed by atoms with Gasteiger partial charge in [-0.05, 0) is 85.3 Å². The van der Waals surface area contributed by atoms with Crippen molar-refractivity contribution in [2.24, 2.45) is 11.1 Å². The number of sulfonamides is 1. The highest BCUT2D eigenvalue weighted by atomic mass is 32.2. The minimum atomic E-state index is -3.79. The first-order valence-corrected chi connectivity index (χ1v) is 32.9. The largest absolute Gasteiger partial charge is 0.484 e. The summed E-state index contributed by atoms with van der Waals surface area (Å²) in [6.07, 6.45) is -0.704. The number of nitrogens with zero attached hydrogens (tertiary/aromatic N) is 5. The van der Waals surface area contributed by atoms with Gasteiger partial charge >= 0.3 is 5.97 Å². The number of anilines is 3. The first-order valence-electron chi connectivity index (χ1n) is 26.7. The molecule has 7 N–H and O–H groups in total. The lowest BCUT2D eigenvalue weighted by Gasteiger charge is -2.35. The van der Waals surface area contributed by atoms with Crippen LogP contribution < -0.4 is 31.1 Å². The van der Waals surface area contributed by atoms with Crippen molar-refractivity contribution in [2.45, 2.75) is 118 Å². The summed E-state index contributed by atoms with van der Waals surface area (Å²) in [7, 11) is -5.31. The lowest BCUT2D eigenvalue weighted by atomic mass is 9.85. The zero-order chi connectivity index (χ0) is 59.7. The van der Waals surface area contributed by atoms with Gasteiger partial charge in [0.25, 0.3) is 5.91 Å². The van der Waals surface area contributed by atoms with Gasteiger partial charge in [-0.25, -0.2) is 32.3 Å². The van der Waals surface area contributed by atoms with Crippen molar-refractivity contribution in [3.8, 4) is 27.4 Å². The van der Waals surface area contributed by atoms with Crippen LogP contribution in [0.25, 0.3) is 21.7 Å². The van der Waals surface area contributed by atoms with Crippen molar-refractivity contribution < 1.29 is 56.1 Å². The fourth-order valence-electron chi connectivity index (χ4n) is 8.77. The highest BCUT2D eigenvalue weighted by Crippen LogP contribution is 2.38. The van der Waals surface area contributed by atoms with E-state index in [1.807, 2.05) is 31.2 Å². The number of pyridine rings is 1. The second-order valence-electron chi connectivity index (χ2n) is 22.2. The third kappa shape index (κ3) is 16.3. The molecule has 0 bridgehead atoms. The van der Waals surface area contributed by atoms with Crippen LogP contribution in [0.3, 0.4) is 0 Å². The van der Waals surface area contributed by atoms with Crippen molar-refractivity contribution in [2.75, 3.05) is 35.6 Å². The maximum Gasteiger partial charge on any atom is 0.339 e. The molecule has 4 heterocycles. The van der Waals surface area contributed by atoms with Gasteiger partial charge in [-0.15, -0.1) is 11.3 Å². The monoisotopic (exact) mass is 1180 g/mol. The van der Waals surface area contributed by atoms with Gasteiger partial charge in [0.2, 0.25) is 27.7 Å². The van der Waals surface area contributed by atoms with Crippen molar-refractivity contribution in [3.63, 3.8) is 0 Å². The normalized spacial score (nSPS) is 15.3. The number of esters is 1. The predicted octanol–water partition coefficient (Wildman–Crippen LogP) is 7.93. The number of carbonyl (C=O) groups excluding carboxylic acids is 5. The molecule has 0 unspecified atom stereocenters. The molecule has 1 aliphatic rings. The molecule has 1 fully saturated rings. The molecule has 25 heteroatoms. The molecule has 4 amide bonds. The van der Waals surface area contributed by atoms with E-state index in [1.165, 1.54) is 59.1 Å². The lowest BCUT2D eigenvalue weighted by Crippen LogP contribution is -2.57. The summed E-state index contributed by atoms with van der Waals surface area (Å²) in [6, 6.07) is 19.5. The maximum absolute atomic E-state index is 14.2. The fraction of sp³-hybridized carbons (Fsp3) is 0.404. The van der Waals surface area contributed by atoms with Gasteiger partial charge in [0.15, 0.2) is 0 Å². The van der Waals surface area contributed by atoms with Gasteiger partial charge in [0, 0.05) is 46.0 Å². The number of thiazole rings is 1. The Bertz CT molecular complexity index is 3370. The van der Waals surface area contributed by atoms with Crippen LogP contribution in [0.2, 0.25) is 25.7 Å². The summed E-state index contributed by atoms with van der Waals surface area (Å²) in [4.78, 5) is 79.0. The number of β-amino-alcohol motifs (C(OH)–C–C–N with tert-alkyl or cyclic N) is 1. The molecular formula is C57H71FN10O11S2Si. The van der Waals surface area contributed by atoms with Crippen LogP contribution in [0.1, 0.15) is 91.1 Å². The summed E-state index contributed by atoms with van der Waals surface area (Å²) in [6.45, 7) is 17.0. The van der Waals surface area contributed by atoms with Gasteiger partial charge in [0.05, 0.1) is 45.6 Å². The highest BCUT2D eigenvalue weighted by Gasteiger charge is 2.44. The molecule has 0 radical (unpaired) electrons. The Morgan fingerprint density at radius 3 is 2.29 bits per heavy atom. The second-order valence-corrected chi connectivity index (χ2v) is 30.7. The van der Waals surface area contributed by atoms with E-state index < -0.39 is 83.2 Å². The van der Waals surface area contributed by atoms with Crippen LogP contribution in [-0.4, -0.2) is 120 Å². The van der Waals surface area contributed by atoms with E-state index in [2.05, 4.69) is 50.3 Å². The number of aliphatic hydroxyl groups is 1. The van der Waals surface area contributed by atoms with E-state index in [9.17, 15) is 41.9 Å². The van der Waals surface area contributed by atoms with E-state index in [0.29, 0.717) is 17.7 Å². The van der Waals surface area contributed by atoms with E-state index in [-0.39, 0.29) is 84.9 Å². The summed E-state index contributed by atoms with van der Waals surface area (Å²) >= 11 is 1.54. The Morgan fingerprint density at radius 1 is 0.963 bits per heavy atom. The third-order valence-corrected chi connectivity index (χ3v) is 17.4. The topological polar surface area (TPSA) is 288 Å². The average molecular weight is 1180 g/mol. The van der Waals surface area contributed by atoms with Gasteiger partial charge in [-0.1, -0.05) is 82.9 Å². The Balaban J connectivity index is 1.01. The molecule has 1 saturated heterocycles. The third-order valence-electron chi connectivity index (χ3n) is 13.5. The van der Waals surface area contributed by atoms with Gasteiger partial charge in [-0.3, -0.25) is 23.9 Å². The Labute approximate surface area is 481 Å². The minimum Gasteiger partial charge on any atom is -0.484 e. The number of aromatic nitrogens is 4. The first kappa shape index (κ1) is 62.0. The molecule has 82 heavy (non-hydrogen) atoms. The van der Waals surface area contributed by atoms with E-state index in [4.69, 9.17) is 25.0 Å². The molecule has 1 aliphatic heterocycles. The number of nitrogens with two attached hydrogens (primary N) is 1. The van der Waals surface area contributed by atoms with Crippen LogP contribution in [-0.2, 0) is 47.2 Å². The van der Waals surface area contributed by atoms with Gasteiger partial charge < -0.3 is 45.9 Å². The van der Waals surface area contributed by atoms with Crippen molar-refractivity contribution >= 4 is 76.4 Å². The average Bonchev–Trinajstić information content (AvgIpc) is 4.30. The van der Waals surface area contributed by atoms with Crippen LogP contribution in [0.15, 0.2) is 90.6 Å². The number of ether oxygens (including phenoxy) is 3. The molecule has 3 aromatic carbocycles. The Kier molecular flexibility index (Phi) is 20.1. The molecule has 0 aliphatic carbocycles. The maximum atomic E-state index is 14.2. The number of primary amides is 1. The molecule has 438 valence electrons. The lowest BCUT2D eigenvalue weighted by molar-refractivity contribution is -0.144. The van der Waals surface area contributed by atoms with Crippen LogP contribution in [0.5, 0.6) is 5.75 Å². The molecule has 0 saturated carbocycles. The van der Waals surface area contributed by atoms with E-state index in [0.717, 1.165) is 27.7 Å².